The number of aromatic nitrogens is 1. The van der Waals surface area contributed by atoms with Crippen molar-refractivity contribution in [1.82, 2.24) is 15.0 Å². The van der Waals surface area contributed by atoms with Gasteiger partial charge in [0.05, 0.1) is 4.90 Å². The molecule has 140 valence electrons. The van der Waals surface area contributed by atoms with Crippen molar-refractivity contribution in [3.63, 3.8) is 0 Å². The summed E-state index contributed by atoms with van der Waals surface area (Å²) >= 11 is 0. The van der Waals surface area contributed by atoms with Crippen LogP contribution in [-0.2, 0) is 16.6 Å². The van der Waals surface area contributed by atoms with Gasteiger partial charge in [0.1, 0.15) is 0 Å². The third kappa shape index (κ3) is 6.45. The quantitative estimate of drug-likeness (QED) is 0.722. The first-order chi connectivity index (χ1) is 12.2. The summed E-state index contributed by atoms with van der Waals surface area (Å²) in [6.45, 7) is 6.54. The van der Waals surface area contributed by atoms with Crippen molar-refractivity contribution < 1.29 is 13.2 Å². The first-order valence-electron chi connectivity index (χ1n) is 8.19. The number of carbonyl (C=O) groups excluding carboxylic acids is 1. The second-order valence-electron chi connectivity index (χ2n) is 7.08. The van der Waals surface area contributed by atoms with E-state index in [9.17, 15) is 13.2 Å². The maximum absolute atomic E-state index is 12.3. The average Bonchev–Trinajstić information content (AvgIpc) is 2.59. The number of benzene rings is 1. The van der Waals surface area contributed by atoms with Crippen LogP contribution in [0.15, 0.2) is 53.7 Å². The molecule has 3 N–H and O–H groups in total. The van der Waals surface area contributed by atoms with Crippen LogP contribution in [0.1, 0.15) is 26.3 Å². The molecule has 1 aromatic heterocycles. The Hall–Kier alpha value is -2.45. The van der Waals surface area contributed by atoms with Crippen molar-refractivity contribution in [3.05, 3.63) is 54.4 Å². The van der Waals surface area contributed by atoms with Crippen LogP contribution in [0.3, 0.4) is 0 Å². The van der Waals surface area contributed by atoms with Crippen LogP contribution in [0.25, 0.3) is 0 Å². The van der Waals surface area contributed by atoms with E-state index in [2.05, 4.69) is 20.3 Å². The Morgan fingerprint density at radius 3 is 2.38 bits per heavy atom. The second-order valence-corrected chi connectivity index (χ2v) is 8.85. The van der Waals surface area contributed by atoms with Crippen LogP contribution in [-0.4, -0.2) is 26.0 Å². The number of hydrogen-bond acceptors (Lipinski definition) is 4. The molecule has 2 amide bonds. The summed E-state index contributed by atoms with van der Waals surface area (Å²) in [4.78, 5) is 16.0. The van der Waals surface area contributed by atoms with Gasteiger partial charge in [0.25, 0.3) is 0 Å². The molecule has 0 saturated carbocycles. The number of nitrogens with one attached hydrogen (secondary N) is 3. The standard InChI is InChI=1S/C18H24N4O3S/c1-18(2,3)13-21-26(24,25)16-8-6-15(7-9-16)22-17(23)20-12-14-5-4-10-19-11-14/h4-11,21H,12-13H2,1-3H3,(H2,20,22,23). The maximum atomic E-state index is 12.3. The third-order valence-electron chi connectivity index (χ3n) is 3.39. The largest absolute Gasteiger partial charge is 0.334 e. The van der Waals surface area contributed by atoms with Gasteiger partial charge >= 0.3 is 6.03 Å². The number of hydrogen-bond donors (Lipinski definition) is 3. The fraction of sp³-hybridized carbons (Fsp3) is 0.333. The minimum Gasteiger partial charge on any atom is -0.334 e. The number of sulfonamides is 1. The Morgan fingerprint density at radius 2 is 1.81 bits per heavy atom. The highest BCUT2D eigenvalue weighted by Gasteiger charge is 2.18. The van der Waals surface area contributed by atoms with Gasteiger partial charge in [0, 0.05) is 31.2 Å². The van der Waals surface area contributed by atoms with E-state index in [0.29, 0.717) is 18.8 Å². The topological polar surface area (TPSA) is 100 Å². The fourth-order valence-corrected chi connectivity index (χ4v) is 3.26. The van der Waals surface area contributed by atoms with E-state index in [4.69, 9.17) is 0 Å². The number of carbonyl (C=O) groups is 1. The van der Waals surface area contributed by atoms with E-state index < -0.39 is 10.0 Å². The molecule has 2 rings (SSSR count). The molecule has 0 atom stereocenters. The normalized spacial score (nSPS) is 11.8. The number of amides is 2. The summed E-state index contributed by atoms with van der Waals surface area (Å²) in [5.41, 5.74) is 1.23. The van der Waals surface area contributed by atoms with E-state index >= 15 is 0 Å². The fourth-order valence-electron chi connectivity index (χ4n) is 1.97. The van der Waals surface area contributed by atoms with Gasteiger partial charge in [-0.15, -0.1) is 0 Å². The molecule has 0 radical (unpaired) electrons. The molecular weight excluding hydrogens is 352 g/mol. The zero-order valence-corrected chi connectivity index (χ0v) is 15.9. The van der Waals surface area contributed by atoms with Gasteiger partial charge in [0.15, 0.2) is 0 Å². The molecule has 8 heteroatoms. The Kier molecular flexibility index (Phi) is 6.33. The van der Waals surface area contributed by atoms with Crippen LogP contribution in [0.4, 0.5) is 10.5 Å². The molecule has 2 aromatic rings. The van der Waals surface area contributed by atoms with Crippen LogP contribution in [0.5, 0.6) is 0 Å². The molecule has 0 fully saturated rings. The van der Waals surface area contributed by atoms with Crippen molar-refractivity contribution in [1.29, 1.82) is 0 Å². The molecule has 1 aromatic carbocycles. The Labute approximate surface area is 154 Å². The predicted octanol–water partition coefficient (Wildman–Crippen LogP) is 2.73. The van der Waals surface area contributed by atoms with E-state index in [0.717, 1.165) is 5.56 Å². The first-order valence-corrected chi connectivity index (χ1v) is 9.67. The molecule has 0 unspecified atom stereocenters. The zero-order chi connectivity index (χ0) is 19.2. The van der Waals surface area contributed by atoms with Crippen molar-refractivity contribution in [2.75, 3.05) is 11.9 Å². The number of anilines is 1. The number of urea groups is 1. The molecular formula is C18H24N4O3S. The van der Waals surface area contributed by atoms with E-state index in [-0.39, 0.29) is 16.3 Å². The van der Waals surface area contributed by atoms with Gasteiger partial charge in [0.2, 0.25) is 10.0 Å². The highest BCUT2D eigenvalue weighted by atomic mass is 32.2. The van der Waals surface area contributed by atoms with Crippen molar-refractivity contribution in [2.45, 2.75) is 32.2 Å². The smallest absolute Gasteiger partial charge is 0.319 e. The summed E-state index contributed by atoms with van der Waals surface area (Å²) < 4.78 is 27.1. The lowest BCUT2D eigenvalue weighted by Crippen LogP contribution is -2.32. The lowest BCUT2D eigenvalue weighted by atomic mass is 9.98. The Bertz CT molecular complexity index is 829. The summed E-state index contributed by atoms with van der Waals surface area (Å²) in [5, 5.41) is 5.37. The van der Waals surface area contributed by atoms with Gasteiger partial charge in [-0.1, -0.05) is 26.8 Å². The van der Waals surface area contributed by atoms with E-state index in [1.807, 2.05) is 26.8 Å². The highest BCUT2D eigenvalue weighted by Crippen LogP contribution is 2.16. The summed E-state index contributed by atoms with van der Waals surface area (Å²) in [5.74, 6) is 0. The SMILES string of the molecule is CC(C)(C)CNS(=O)(=O)c1ccc(NC(=O)NCc2cccnc2)cc1. The lowest BCUT2D eigenvalue weighted by Gasteiger charge is -2.18. The number of nitrogens with zero attached hydrogens (tertiary/aromatic N) is 1. The van der Waals surface area contributed by atoms with Gasteiger partial charge in [-0.3, -0.25) is 4.98 Å². The molecule has 0 aliphatic heterocycles. The molecule has 0 saturated heterocycles. The monoisotopic (exact) mass is 376 g/mol. The highest BCUT2D eigenvalue weighted by molar-refractivity contribution is 7.89. The molecule has 0 aliphatic rings. The minimum absolute atomic E-state index is 0.152. The third-order valence-corrected chi connectivity index (χ3v) is 4.81. The van der Waals surface area contributed by atoms with Gasteiger partial charge in [-0.2, -0.15) is 0 Å². The Balaban J connectivity index is 1.91. The van der Waals surface area contributed by atoms with Gasteiger partial charge in [-0.05, 0) is 41.3 Å². The lowest BCUT2D eigenvalue weighted by molar-refractivity contribution is 0.251. The van der Waals surface area contributed by atoms with Gasteiger partial charge in [-0.25, -0.2) is 17.9 Å². The number of rotatable bonds is 6. The first kappa shape index (κ1) is 19.9. The van der Waals surface area contributed by atoms with Gasteiger partial charge < -0.3 is 10.6 Å². The van der Waals surface area contributed by atoms with Crippen molar-refractivity contribution >= 4 is 21.7 Å². The average molecular weight is 376 g/mol. The summed E-state index contributed by atoms with van der Waals surface area (Å²) in [7, 11) is -3.57. The van der Waals surface area contributed by atoms with Crippen LogP contribution < -0.4 is 15.4 Å². The van der Waals surface area contributed by atoms with Crippen molar-refractivity contribution in [2.24, 2.45) is 5.41 Å². The minimum atomic E-state index is -3.57. The van der Waals surface area contributed by atoms with E-state index in [1.54, 1.807) is 30.6 Å². The number of pyridine rings is 1. The summed E-state index contributed by atoms with van der Waals surface area (Å²) in [6, 6.07) is 9.29. The molecule has 26 heavy (non-hydrogen) atoms. The van der Waals surface area contributed by atoms with E-state index in [1.165, 1.54) is 12.1 Å². The van der Waals surface area contributed by atoms with Crippen LogP contribution >= 0.6 is 0 Å². The van der Waals surface area contributed by atoms with Crippen molar-refractivity contribution in [3.8, 4) is 0 Å². The maximum Gasteiger partial charge on any atom is 0.319 e. The zero-order valence-electron chi connectivity index (χ0n) is 15.1. The second kappa shape index (κ2) is 8.29. The molecule has 7 nitrogen and oxygen atoms in total. The molecule has 0 spiro atoms. The molecule has 0 bridgehead atoms. The summed E-state index contributed by atoms with van der Waals surface area (Å²) in [6.07, 6.45) is 3.33. The molecule has 0 aliphatic carbocycles. The Morgan fingerprint density at radius 1 is 1.12 bits per heavy atom. The van der Waals surface area contributed by atoms with Crippen LogP contribution in [0, 0.1) is 5.41 Å². The predicted molar refractivity (Wildman–Crippen MR) is 101 cm³/mol. The molecule has 1 heterocycles. The van der Waals surface area contributed by atoms with Crippen LogP contribution in [0.2, 0.25) is 0 Å².